The number of furan rings is 1. The van der Waals surface area contributed by atoms with Crippen molar-refractivity contribution in [1.82, 2.24) is 5.32 Å². The third kappa shape index (κ3) is 4.75. The lowest BCUT2D eigenvalue weighted by Crippen LogP contribution is -2.24. The molecule has 1 heterocycles. The summed E-state index contributed by atoms with van der Waals surface area (Å²) in [5.41, 5.74) is 2.04. The summed E-state index contributed by atoms with van der Waals surface area (Å²) in [4.78, 5) is 11.6. The highest BCUT2D eigenvalue weighted by Crippen LogP contribution is 2.13. The number of carbonyl (C=O) groups excluding carboxylic acids is 1. The maximum atomic E-state index is 11.6. The minimum absolute atomic E-state index is 0.00150. The van der Waals surface area contributed by atoms with Crippen LogP contribution in [0.1, 0.15) is 16.9 Å². The largest absolute Gasteiger partial charge is 0.467 e. The molecule has 1 aromatic heterocycles. The fourth-order valence-corrected chi connectivity index (χ4v) is 2.47. The molecule has 0 aliphatic carbocycles. The van der Waals surface area contributed by atoms with Crippen LogP contribution in [0.3, 0.4) is 0 Å². The minimum atomic E-state index is -0.00150. The lowest BCUT2D eigenvalue weighted by Gasteiger charge is -2.04. The first kappa shape index (κ1) is 14.7. The van der Waals surface area contributed by atoms with Crippen molar-refractivity contribution in [3.8, 4) is 0 Å². The first-order valence-electron chi connectivity index (χ1n) is 6.33. The zero-order chi connectivity index (χ0) is 14.2. The van der Waals surface area contributed by atoms with Crippen molar-refractivity contribution >= 4 is 17.7 Å². The van der Waals surface area contributed by atoms with Crippen LogP contribution < -0.4 is 5.32 Å². The van der Waals surface area contributed by atoms with Crippen LogP contribution in [0.15, 0.2) is 47.1 Å². The zero-order valence-electron chi connectivity index (χ0n) is 11.0. The van der Waals surface area contributed by atoms with E-state index < -0.39 is 0 Å². The van der Waals surface area contributed by atoms with Crippen LogP contribution in [-0.4, -0.2) is 16.8 Å². The summed E-state index contributed by atoms with van der Waals surface area (Å²) in [6.07, 6.45) is 1.59. The molecule has 1 aromatic carbocycles. The Morgan fingerprint density at radius 3 is 2.60 bits per heavy atom. The number of hydrogen-bond acceptors (Lipinski definition) is 4. The Hall–Kier alpha value is -1.72. The third-order valence-corrected chi connectivity index (χ3v) is 3.75. The SMILES string of the molecule is O=C(CSCc1ccc(CO)cc1)NCc1ccco1. The summed E-state index contributed by atoms with van der Waals surface area (Å²) in [6, 6.07) is 11.4. The van der Waals surface area contributed by atoms with Crippen molar-refractivity contribution in [2.45, 2.75) is 18.9 Å². The van der Waals surface area contributed by atoms with E-state index in [2.05, 4.69) is 5.32 Å². The van der Waals surface area contributed by atoms with Gasteiger partial charge < -0.3 is 14.8 Å². The van der Waals surface area contributed by atoms with Crippen molar-refractivity contribution in [2.75, 3.05) is 5.75 Å². The van der Waals surface area contributed by atoms with E-state index in [0.29, 0.717) is 12.3 Å². The zero-order valence-corrected chi connectivity index (χ0v) is 11.9. The van der Waals surface area contributed by atoms with Crippen LogP contribution in [0.4, 0.5) is 0 Å². The number of hydrogen-bond donors (Lipinski definition) is 2. The summed E-state index contributed by atoms with van der Waals surface area (Å²) in [7, 11) is 0. The second kappa shape index (κ2) is 7.77. The van der Waals surface area contributed by atoms with Gasteiger partial charge in [-0.2, -0.15) is 0 Å². The molecule has 5 heteroatoms. The summed E-state index contributed by atoms with van der Waals surface area (Å²) in [5, 5.41) is 11.8. The molecule has 4 nitrogen and oxygen atoms in total. The summed E-state index contributed by atoms with van der Waals surface area (Å²) < 4.78 is 5.14. The average molecular weight is 291 g/mol. The van der Waals surface area contributed by atoms with E-state index in [-0.39, 0.29) is 12.5 Å². The second-order valence-electron chi connectivity index (χ2n) is 4.32. The molecule has 0 saturated heterocycles. The average Bonchev–Trinajstić information content (AvgIpc) is 2.99. The van der Waals surface area contributed by atoms with E-state index in [1.807, 2.05) is 30.3 Å². The predicted octanol–water partition coefficient (Wildman–Crippen LogP) is 2.32. The van der Waals surface area contributed by atoms with Gasteiger partial charge in [0.25, 0.3) is 0 Å². The molecule has 106 valence electrons. The molecule has 0 bridgehead atoms. The highest BCUT2D eigenvalue weighted by Gasteiger charge is 2.03. The molecule has 0 saturated carbocycles. The molecule has 2 rings (SSSR count). The van der Waals surface area contributed by atoms with E-state index in [0.717, 1.165) is 22.6 Å². The van der Waals surface area contributed by atoms with Gasteiger partial charge in [0.05, 0.1) is 25.2 Å². The molecular weight excluding hydrogens is 274 g/mol. The van der Waals surface area contributed by atoms with E-state index in [9.17, 15) is 4.79 Å². The van der Waals surface area contributed by atoms with Crippen LogP contribution in [-0.2, 0) is 23.7 Å². The molecular formula is C15H17NO3S. The number of carbonyl (C=O) groups is 1. The number of nitrogens with one attached hydrogen (secondary N) is 1. The molecule has 2 N–H and O–H groups in total. The van der Waals surface area contributed by atoms with Crippen molar-refractivity contribution < 1.29 is 14.3 Å². The Balaban J connectivity index is 1.65. The number of thioether (sulfide) groups is 1. The maximum absolute atomic E-state index is 11.6. The first-order valence-corrected chi connectivity index (χ1v) is 7.49. The van der Waals surface area contributed by atoms with Gasteiger partial charge >= 0.3 is 0 Å². The van der Waals surface area contributed by atoms with Crippen LogP contribution in [0.2, 0.25) is 0 Å². The molecule has 0 radical (unpaired) electrons. The number of amides is 1. The van der Waals surface area contributed by atoms with Gasteiger partial charge in [-0.3, -0.25) is 4.79 Å². The first-order chi connectivity index (χ1) is 9.78. The van der Waals surface area contributed by atoms with Gasteiger partial charge in [0.2, 0.25) is 5.91 Å². The van der Waals surface area contributed by atoms with Gasteiger partial charge in [-0.1, -0.05) is 24.3 Å². The molecule has 2 aromatic rings. The molecule has 20 heavy (non-hydrogen) atoms. The maximum Gasteiger partial charge on any atom is 0.230 e. The topological polar surface area (TPSA) is 62.5 Å². The van der Waals surface area contributed by atoms with Gasteiger partial charge in [-0.05, 0) is 23.3 Å². The normalized spacial score (nSPS) is 10.4. The van der Waals surface area contributed by atoms with E-state index >= 15 is 0 Å². The number of rotatable bonds is 7. The lowest BCUT2D eigenvalue weighted by atomic mass is 10.2. The number of aliphatic hydroxyl groups is 1. The van der Waals surface area contributed by atoms with E-state index in [4.69, 9.17) is 9.52 Å². The van der Waals surface area contributed by atoms with Crippen LogP contribution in [0.5, 0.6) is 0 Å². The van der Waals surface area contributed by atoms with Gasteiger partial charge in [-0.25, -0.2) is 0 Å². The molecule has 0 aliphatic rings. The summed E-state index contributed by atoms with van der Waals surface area (Å²) in [6.45, 7) is 0.486. The quantitative estimate of drug-likeness (QED) is 0.822. The highest BCUT2D eigenvalue weighted by atomic mass is 32.2. The molecule has 1 amide bonds. The second-order valence-corrected chi connectivity index (χ2v) is 5.31. The standard InChI is InChI=1S/C15H17NO3S/c17-9-12-3-5-13(6-4-12)10-20-11-15(18)16-8-14-2-1-7-19-14/h1-7,17H,8-11H2,(H,16,18). The molecule has 0 atom stereocenters. The smallest absolute Gasteiger partial charge is 0.230 e. The van der Waals surface area contributed by atoms with Crippen molar-refractivity contribution in [1.29, 1.82) is 0 Å². The van der Waals surface area contributed by atoms with Gasteiger partial charge in [-0.15, -0.1) is 11.8 Å². The number of aliphatic hydroxyl groups excluding tert-OH is 1. The van der Waals surface area contributed by atoms with Crippen molar-refractivity contribution in [3.63, 3.8) is 0 Å². The lowest BCUT2D eigenvalue weighted by molar-refractivity contribution is -0.118. The Kier molecular flexibility index (Phi) is 5.70. The van der Waals surface area contributed by atoms with E-state index in [1.54, 1.807) is 24.1 Å². The fourth-order valence-electron chi connectivity index (χ4n) is 1.65. The monoisotopic (exact) mass is 291 g/mol. The minimum Gasteiger partial charge on any atom is -0.467 e. The molecule has 0 fully saturated rings. The van der Waals surface area contributed by atoms with Crippen molar-refractivity contribution in [2.24, 2.45) is 0 Å². The Morgan fingerprint density at radius 2 is 1.95 bits per heavy atom. The Bertz CT molecular complexity index is 523. The third-order valence-electron chi connectivity index (χ3n) is 2.75. The van der Waals surface area contributed by atoms with E-state index in [1.165, 1.54) is 0 Å². The molecule has 0 spiro atoms. The molecule has 0 unspecified atom stereocenters. The fraction of sp³-hybridized carbons (Fsp3) is 0.267. The van der Waals surface area contributed by atoms with Crippen LogP contribution in [0.25, 0.3) is 0 Å². The summed E-state index contributed by atoms with van der Waals surface area (Å²) in [5.74, 6) is 1.95. The Labute approximate surface area is 122 Å². The van der Waals surface area contributed by atoms with Gasteiger partial charge in [0.1, 0.15) is 5.76 Å². The Morgan fingerprint density at radius 1 is 1.20 bits per heavy atom. The van der Waals surface area contributed by atoms with Crippen LogP contribution >= 0.6 is 11.8 Å². The van der Waals surface area contributed by atoms with Gasteiger partial charge in [0.15, 0.2) is 0 Å². The highest BCUT2D eigenvalue weighted by molar-refractivity contribution is 7.99. The van der Waals surface area contributed by atoms with Gasteiger partial charge in [0, 0.05) is 5.75 Å². The summed E-state index contributed by atoms with van der Waals surface area (Å²) >= 11 is 1.56. The molecule has 0 aliphatic heterocycles. The van der Waals surface area contributed by atoms with Crippen molar-refractivity contribution in [3.05, 3.63) is 59.5 Å². The van der Waals surface area contributed by atoms with Crippen LogP contribution in [0, 0.1) is 0 Å². The number of benzene rings is 1. The predicted molar refractivity (Wildman–Crippen MR) is 79.1 cm³/mol.